The van der Waals surface area contributed by atoms with Crippen LogP contribution < -0.4 is 4.90 Å². The van der Waals surface area contributed by atoms with Gasteiger partial charge in [-0.05, 0) is 88.1 Å². The predicted octanol–water partition coefficient (Wildman–Crippen LogP) is 15.8. The molecule has 0 bridgehead atoms. The van der Waals surface area contributed by atoms with Crippen LogP contribution in [0.5, 0.6) is 0 Å². The smallest absolute Gasteiger partial charge is 0.143 e. The molecule has 0 amide bonds. The Morgan fingerprint density at radius 1 is 0.373 bits per heavy atom. The van der Waals surface area contributed by atoms with Gasteiger partial charge in [-0.2, -0.15) is 0 Å². The molecule has 2 aromatic heterocycles. The minimum atomic E-state index is 0.891. The van der Waals surface area contributed by atoms with E-state index in [0.717, 1.165) is 66.8 Å². The van der Waals surface area contributed by atoms with Gasteiger partial charge in [0.25, 0.3) is 0 Å². The molecule has 276 valence electrons. The van der Waals surface area contributed by atoms with Gasteiger partial charge in [-0.25, -0.2) is 0 Å². The van der Waals surface area contributed by atoms with Crippen molar-refractivity contribution in [1.82, 2.24) is 4.57 Å². The monoisotopic (exact) mass is 752 g/mol. The number of aromatic nitrogens is 1. The van der Waals surface area contributed by atoms with E-state index in [9.17, 15) is 0 Å². The first kappa shape index (κ1) is 33.3. The summed E-state index contributed by atoms with van der Waals surface area (Å²) in [5.41, 5.74) is 13.3. The molecule has 3 nitrogen and oxygen atoms in total. The summed E-state index contributed by atoms with van der Waals surface area (Å²) in [6.45, 7) is 0. The highest BCUT2D eigenvalue weighted by atomic mass is 16.3. The molecule has 59 heavy (non-hydrogen) atoms. The van der Waals surface area contributed by atoms with Crippen LogP contribution in [0.25, 0.3) is 93.2 Å². The molecule has 0 fully saturated rings. The van der Waals surface area contributed by atoms with Gasteiger partial charge in [0, 0.05) is 49.3 Å². The number of furan rings is 1. The van der Waals surface area contributed by atoms with Crippen LogP contribution in [0.15, 0.2) is 223 Å². The van der Waals surface area contributed by atoms with Gasteiger partial charge in [-0.15, -0.1) is 0 Å². The number of hydrogen-bond acceptors (Lipinski definition) is 2. The Balaban J connectivity index is 1.01. The van der Waals surface area contributed by atoms with Crippen LogP contribution in [0.2, 0.25) is 0 Å². The first-order chi connectivity index (χ1) is 29.3. The fourth-order valence-corrected chi connectivity index (χ4v) is 9.32. The van der Waals surface area contributed by atoms with E-state index in [1.54, 1.807) is 0 Å². The Morgan fingerprint density at radius 2 is 0.983 bits per heavy atom. The number of anilines is 3. The highest BCUT2D eigenvalue weighted by Crippen LogP contribution is 2.44. The maximum Gasteiger partial charge on any atom is 0.143 e. The minimum absolute atomic E-state index is 0.891. The quantitative estimate of drug-likeness (QED) is 0.169. The fraction of sp³-hybridized carbons (Fsp3) is 0. The Bertz CT molecular complexity index is 3510. The standard InChI is InChI=1S/C56H36N2O/c1-3-19-43-37(14-1)16-12-28-50(43)57(42-18-11-17-40(36-42)45-24-13-29-54-55(45)49-35-32-38-15-2-4-21-46(38)56(49)59-54)41-33-30-39(31-34-41)44-20-5-8-25-51(44)58-52-26-9-6-22-47(52)48-23-7-10-27-53(48)58/h1-36H. The van der Waals surface area contributed by atoms with E-state index in [2.05, 4.69) is 228 Å². The largest absolute Gasteiger partial charge is 0.455 e. The lowest BCUT2D eigenvalue weighted by atomic mass is 9.97. The fourth-order valence-electron chi connectivity index (χ4n) is 9.32. The lowest BCUT2D eigenvalue weighted by Crippen LogP contribution is -2.10. The van der Waals surface area contributed by atoms with Gasteiger partial charge in [0.05, 0.1) is 22.4 Å². The summed E-state index contributed by atoms with van der Waals surface area (Å²) in [6.07, 6.45) is 0. The van der Waals surface area contributed by atoms with E-state index in [1.807, 2.05) is 0 Å². The molecule has 0 unspecified atom stereocenters. The van der Waals surface area contributed by atoms with Gasteiger partial charge in [-0.1, -0.05) is 158 Å². The number of para-hydroxylation sites is 3. The molecule has 12 rings (SSSR count). The zero-order valence-corrected chi connectivity index (χ0v) is 32.1. The summed E-state index contributed by atoms with van der Waals surface area (Å²) in [7, 11) is 0. The third kappa shape index (κ3) is 5.29. The van der Waals surface area contributed by atoms with Crippen LogP contribution in [0, 0.1) is 0 Å². The highest BCUT2D eigenvalue weighted by molar-refractivity contribution is 6.19. The SMILES string of the molecule is c1cc(-c2cccc3oc4c5ccccc5ccc4c23)cc(N(c2ccc(-c3ccccc3-n3c4ccccc4c4ccccc43)cc2)c2cccc3ccccc23)c1. The normalized spacial score (nSPS) is 11.7. The second-order valence-corrected chi connectivity index (χ2v) is 15.3. The van der Waals surface area contributed by atoms with E-state index >= 15 is 0 Å². The Morgan fingerprint density at radius 3 is 1.78 bits per heavy atom. The zero-order chi connectivity index (χ0) is 38.9. The number of nitrogens with zero attached hydrogens (tertiary/aromatic N) is 2. The van der Waals surface area contributed by atoms with Gasteiger partial charge >= 0.3 is 0 Å². The molecule has 0 aliphatic heterocycles. The van der Waals surface area contributed by atoms with Crippen LogP contribution in [-0.2, 0) is 0 Å². The Kier molecular flexibility index (Phi) is 7.54. The molecule has 0 aliphatic carbocycles. The maximum atomic E-state index is 6.60. The van der Waals surface area contributed by atoms with E-state index < -0.39 is 0 Å². The topological polar surface area (TPSA) is 21.3 Å². The van der Waals surface area contributed by atoms with Crippen molar-refractivity contribution in [2.24, 2.45) is 0 Å². The zero-order valence-electron chi connectivity index (χ0n) is 32.1. The van der Waals surface area contributed by atoms with Gasteiger partial charge < -0.3 is 13.9 Å². The predicted molar refractivity (Wildman–Crippen MR) is 249 cm³/mol. The first-order valence-corrected chi connectivity index (χ1v) is 20.2. The van der Waals surface area contributed by atoms with Gasteiger partial charge in [-0.3, -0.25) is 0 Å². The molecule has 0 saturated carbocycles. The van der Waals surface area contributed by atoms with Crippen molar-refractivity contribution in [2.75, 3.05) is 4.90 Å². The van der Waals surface area contributed by atoms with E-state index in [1.165, 1.54) is 43.5 Å². The molecule has 2 heterocycles. The Hall–Kier alpha value is -7.88. The van der Waals surface area contributed by atoms with E-state index in [4.69, 9.17) is 4.42 Å². The van der Waals surface area contributed by atoms with Crippen molar-refractivity contribution in [1.29, 1.82) is 0 Å². The summed E-state index contributed by atoms with van der Waals surface area (Å²) >= 11 is 0. The number of benzene rings is 10. The van der Waals surface area contributed by atoms with Crippen molar-refractivity contribution >= 4 is 82.4 Å². The summed E-state index contributed by atoms with van der Waals surface area (Å²) in [5, 5.41) is 9.47. The first-order valence-electron chi connectivity index (χ1n) is 20.2. The van der Waals surface area contributed by atoms with E-state index in [0.29, 0.717) is 0 Å². The molecule has 0 spiro atoms. The second kappa shape index (κ2) is 13.4. The van der Waals surface area contributed by atoms with Crippen LogP contribution in [-0.4, -0.2) is 4.57 Å². The summed E-state index contributed by atoms with van der Waals surface area (Å²) in [4.78, 5) is 2.40. The Labute approximate surface area is 341 Å². The summed E-state index contributed by atoms with van der Waals surface area (Å²) in [5.74, 6) is 0. The van der Waals surface area contributed by atoms with Crippen molar-refractivity contribution < 1.29 is 4.42 Å². The lowest BCUT2D eigenvalue weighted by molar-refractivity contribution is 0.673. The molecular weight excluding hydrogens is 717 g/mol. The van der Waals surface area contributed by atoms with Gasteiger partial charge in [0.2, 0.25) is 0 Å². The number of fused-ring (bicyclic) bond motifs is 9. The molecule has 0 atom stereocenters. The molecule has 0 radical (unpaired) electrons. The number of rotatable bonds is 6. The average Bonchev–Trinajstić information content (AvgIpc) is 3.86. The highest BCUT2D eigenvalue weighted by Gasteiger charge is 2.20. The van der Waals surface area contributed by atoms with E-state index in [-0.39, 0.29) is 0 Å². The molecular formula is C56H36N2O. The van der Waals surface area contributed by atoms with Crippen LogP contribution in [0.4, 0.5) is 17.1 Å². The summed E-state index contributed by atoms with van der Waals surface area (Å²) in [6, 6.07) is 78.7. The molecule has 12 aromatic rings. The van der Waals surface area contributed by atoms with Crippen LogP contribution >= 0.6 is 0 Å². The van der Waals surface area contributed by atoms with Gasteiger partial charge in [0.15, 0.2) is 0 Å². The minimum Gasteiger partial charge on any atom is -0.455 e. The molecule has 0 saturated heterocycles. The third-order valence-electron chi connectivity index (χ3n) is 12.0. The average molecular weight is 753 g/mol. The number of hydrogen-bond donors (Lipinski definition) is 0. The van der Waals surface area contributed by atoms with Gasteiger partial charge in [0.1, 0.15) is 11.2 Å². The van der Waals surface area contributed by atoms with Crippen molar-refractivity contribution in [3.05, 3.63) is 218 Å². The lowest BCUT2D eigenvalue weighted by Gasteiger charge is -2.27. The van der Waals surface area contributed by atoms with Crippen LogP contribution in [0.1, 0.15) is 0 Å². The van der Waals surface area contributed by atoms with Crippen molar-refractivity contribution in [2.45, 2.75) is 0 Å². The van der Waals surface area contributed by atoms with Crippen molar-refractivity contribution in [3.8, 4) is 27.9 Å². The molecule has 3 heteroatoms. The summed E-state index contributed by atoms with van der Waals surface area (Å²) < 4.78 is 9.01. The maximum absolute atomic E-state index is 6.60. The van der Waals surface area contributed by atoms with Crippen LogP contribution in [0.3, 0.4) is 0 Å². The van der Waals surface area contributed by atoms with Crippen molar-refractivity contribution in [3.63, 3.8) is 0 Å². The second-order valence-electron chi connectivity index (χ2n) is 15.3. The third-order valence-corrected chi connectivity index (χ3v) is 12.0. The molecule has 0 aliphatic rings. The molecule has 0 N–H and O–H groups in total. The molecule has 10 aromatic carbocycles.